The standard InChI is InChI=1S/C14H10ClN5O3S2/c15-8-3-4-10(20(22)23)9(6-8)16-12(21)7-25-14-17-13(18-19-14)11-2-1-5-24-11/h1-6H,7H2,(H,16,21)(H,17,18,19). The zero-order chi connectivity index (χ0) is 17.8. The van der Waals surface area contributed by atoms with Crippen LogP contribution in [0.25, 0.3) is 10.7 Å². The molecule has 1 amide bonds. The van der Waals surface area contributed by atoms with E-state index in [9.17, 15) is 14.9 Å². The lowest BCUT2D eigenvalue weighted by molar-refractivity contribution is -0.383. The smallest absolute Gasteiger partial charge is 0.292 e. The van der Waals surface area contributed by atoms with Gasteiger partial charge in [0.25, 0.3) is 5.69 Å². The number of nitrogens with zero attached hydrogens (tertiary/aromatic N) is 3. The van der Waals surface area contributed by atoms with E-state index in [-0.39, 0.29) is 17.1 Å². The fourth-order valence-corrected chi connectivity index (χ4v) is 3.35. The summed E-state index contributed by atoms with van der Waals surface area (Å²) in [6.07, 6.45) is 0. The maximum absolute atomic E-state index is 12.0. The second-order valence-corrected chi connectivity index (χ2v) is 7.03. The van der Waals surface area contributed by atoms with Gasteiger partial charge in [-0.3, -0.25) is 20.0 Å². The summed E-state index contributed by atoms with van der Waals surface area (Å²) in [5.41, 5.74) is -0.169. The predicted octanol–water partition coefficient (Wildman–Crippen LogP) is 3.83. The van der Waals surface area contributed by atoms with Crippen molar-refractivity contribution in [2.24, 2.45) is 0 Å². The minimum atomic E-state index is -0.582. The van der Waals surface area contributed by atoms with Crippen molar-refractivity contribution in [3.05, 3.63) is 50.8 Å². The maximum Gasteiger partial charge on any atom is 0.292 e. The van der Waals surface area contributed by atoms with E-state index >= 15 is 0 Å². The number of benzene rings is 1. The van der Waals surface area contributed by atoms with E-state index in [0.717, 1.165) is 16.6 Å². The molecule has 2 heterocycles. The molecule has 0 atom stereocenters. The second kappa shape index (κ2) is 7.64. The Hall–Kier alpha value is -2.43. The van der Waals surface area contributed by atoms with Gasteiger partial charge in [0.15, 0.2) is 5.82 Å². The first-order valence-electron chi connectivity index (χ1n) is 6.86. The van der Waals surface area contributed by atoms with Crippen LogP contribution in [0.4, 0.5) is 11.4 Å². The van der Waals surface area contributed by atoms with Gasteiger partial charge in [-0.2, -0.15) is 0 Å². The Morgan fingerprint density at radius 1 is 1.44 bits per heavy atom. The lowest BCUT2D eigenvalue weighted by Gasteiger charge is -2.05. The first kappa shape index (κ1) is 17.4. The molecule has 1 aromatic carbocycles. The van der Waals surface area contributed by atoms with Gasteiger partial charge in [-0.25, -0.2) is 4.98 Å². The van der Waals surface area contributed by atoms with Gasteiger partial charge in [0.1, 0.15) is 5.69 Å². The third-order valence-electron chi connectivity index (χ3n) is 2.98. The van der Waals surface area contributed by atoms with E-state index in [1.807, 2.05) is 17.5 Å². The third kappa shape index (κ3) is 4.35. The van der Waals surface area contributed by atoms with Crippen LogP contribution in [-0.2, 0) is 4.79 Å². The molecule has 8 nitrogen and oxygen atoms in total. The van der Waals surface area contributed by atoms with Crippen LogP contribution >= 0.6 is 34.7 Å². The number of hydrogen-bond donors (Lipinski definition) is 2. The molecule has 3 rings (SSSR count). The number of aromatic amines is 1. The number of thiophene rings is 1. The van der Waals surface area contributed by atoms with Crippen LogP contribution in [0.15, 0.2) is 40.9 Å². The lowest BCUT2D eigenvalue weighted by atomic mass is 10.2. The number of amides is 1. The topological polar surface area (TPSA) is 114 Å². The Balaban J connectivity index is 1.62. The number of carbonyl (C=O) groups is 1. The highest BCUT2D eigenvalue weighted by Crippen LogP contribution is 2.28. The molecule has 0 bridgehead atoms. The SMILES string of the molecule is O=C(CSc1n[nH]c(-c2cccs2)n1)Nc1cc(Cl)ccc1[N+](=O)[O-]. The maximum atomic E-state index is 12.0. The monoisotopic (exact) mass is 395 g/mol. The summed E-state index contributed by atoms with van der Waals surface area (Å²) in [6.45, 7) is 0. The Morgan fingerprint density at radius 3 is 3.00 bits per heavy atom. The zero-order valence-electron chi connectivity index (χ0n) is 12.4. The van der Waals surface area contributed by atoms with Crippen LogP contribution in [0.5, 0.6) is 0 Å². The molecule has 0 saturated carbocycles. The fraction of sp³-hybridized carbons (Fsp3) is 0.0714. The molecule has 2 N–H and O–H groups in total. The summed E-state index contributed by atoms with van der Waals surface area (Å²) < 4.78 is 0. The average Bonchev–Trinajstić information content (AvgIpc) is 3.24. The number of nitrogens with one attached hydrogen (secondary N) is 2. The number of carbonyl (C=O) groups excluding carboxylic acids is 1. The molecule has 0 fully saturated rings. The molecule has 128 valence electrons. The minimum absolute atomic E-state index is 0.00536. The number of nitro benzene ring substituents is 1. The molecular formula is C14H10ClN5O3S2. The Labute approximate surface area is 154 Å². The van der Waals surface area contributed by atoms with Crippen LogP contribution in [0.1, 0.15) is 0 Å². The van der Waals surface area contributed by atoms with E-state index in [1.165, 1.54) is 29.5 Å². The molecule has 0 aliphatic heterocycles. The molecule has 0 radical (unpaired) electrons. The Morgan fingerprint density at radius 2 is 2.28 bits per heavy atom. The van der Waals surface area contributed by atoms with Crippen molar-refractivity contribution in [2.45, 2.75) is 5.16 Å². The summed E-state index contributed by atoms with van der Waals surface area (Å²) in [5.74, 6) is 0.215. The minimum Gasteiger partial charge on any atom is -0.320 e. The first-order chi connectivity index (χ1) is 12.0. The van der Waals surface area contributed by atoms with Crippen molar-refractivity contribution in [2.75, 3.05) is 11.1 Å². The normalized spacial score (nSPS) is 10.6. The number of anilines is 1. The summed E-state index contributed by atoms with van der Waals surface area (Å²) in [7, 11) is 0. The van der Waals surface area contributed by atoms with Gasteiger partial charge in [0, 0.05) is 11.1 Å². The number of halogens is 1. The number of aromatic nitrogens is 3. The summed E-state index contributed by atoms with van der Waals surface area (Å²) >= 11 is 8.47. The van der Waals surface area contributed by atoms with Gasteiger partial charge in [0.2, 0.25) is 11.1 Å². The highest BCUT2D eigenvalue weighted by molar-refractivity contribution is 7.99. The van der Waals surface area contributed by atoms with Crippen LogP contribution in [0.2, 0.25) is 5.02 Å². The first-order valence-corrected chi connectivity index (χ1v) is 9.10. The van der Waals surface area contributed by atoms with Crippen molar-refractivity contribution in [3.63, 3.8) is 0 Å². The fourth-order valence-electron chi connectivity index (χ4n) is 1.92. The van der Waals surface area contributed by atoms with Crippen molar-refractivity contribution in [1.29, 1.82) is 0 Å². The summed E-state index contributed by atoms with van der Waals surface area (Å²) in [5, 5.41) is 23.0. The van der Waals surface area contributed by atoms with Gasteiger partial charge >= 0.3 is 0 Å². The number of rotatable bonds is 6. The molecular weight excluding hydrogens is 386 g/mol. The molecule has 2 aromatic heterocycles. The molecule has 0 unspecified atom stereocenters. The second-order valence-electron chi connectivity index (χ2n) is 4.70. The largest absolute Gasteiger partial charge is 0.320 e. The molecule has 0 aliphatic rings. The van der Waals surface area contributed by atoms with Crippen LogP contribution in [0, 0.1) is 10.1 Å². The van der Waals surface area contributed by atoms with Gasteiger partial charge in [-0.1, -0.05) is 29.4 Å². The molecule has 3 aromatic rings. The third-order valence-corrected chi connectivity index (χ3v) is 4.94. The van der Waals surface area contributed by atoms with E-state index in [1.54, 1.807) is 0 Å². The number of H-pyrrole nitrogens is 1. The molecule has 25 heavy (non-hydrogen) atoms. The van der Waals surface area contributed by atoms with Crippen molar-refractivity contribution in [3.8, 4) is 10.7 Å². The van der Waals surface area contributed by atoms with Crippen LogP contribution in [-0.4, -0.2) is 31.8 Å². The van der Waals surface area contributed by atoms with Crippen LogP contribution < -0.4 is 5.32 Å². The number of thioether (sulfide) groups is 1. The highest BCUT2D eigenvalue weighted by atomic mass is 35.5. The van der Waals surface area contributed by atoms with Crippen molar-refractivity contribution < 1.29 is 9.72 Å². The van der Waals surface area contributed by atoms with Gasteiger partial charge < -0.3 is 5.32 Å². The molecule has 11 heteroatoms. The van der Waals surface area contributed by atoms with Gasteiger partial charge in [-0.05, 0) is 23.6 Å². The summed E-state index contributed by atoms with van der Waals surface area (Å²) in [4.78, 5) is 27.7. The predicted molar refractivity (Wildman–Crippen MR) is 97.2 cm³/mol. The number of nitro groups is 1. The van der Waals surface area contributed by atoms with E-state index in [0.29, 0.717) is 16.0 Å². The van der Waals surface area contributed by atoms with E-state index < -0.39 is 10.8 Å². The highest BCUT2D eigenvalue weighted by Gasteiger charge is 2.17. The van der Waals surface area contributed by atoms with E-state index in [4.69, 9.17) is 11.6 Å². The zero-order valence-corrected chi connectivity index (χ0v) is 14.8. The van der Waals surface area contributed by atoms with E-state index in [2.05, 4.69) is 20.5 Å². The number of hydrogen-bond acceptors (Lipinski definition) is 7. The van der Waals surface area contributed by atoms with Gasteiger partial charge in [-0.15, -0.1) is 16.4 Å². The Bertz CT molecular complexity index is 913. The summed E-state index contributed by atoms with van der Waals surface area (Å²) in [6, 6.07) is 7.78. The lowest BCUT2D eigenvalue weighted by Crippen LogP contribution is -2.15. The van der Waals surface area contributed by atoms with Crippen molar-refractivity contribution >= 4 is 52.0 Å². The van der Waals surface area contributed by atoms with Crippen LogP contribution in [0.3, 0.4) is 0 Å². The molecule has 0 spiro atoms. The Kier molecular flexibility index (Phi) is 5.31. The quantitative estimate of drug-likeness (QED) is 0.372. The van der Waals surface area contributed by atoms with Crippen molar-refractivity contribution in [1.82, 2.24) is 15.2 Å². The molecule has 0 saturated heterocycles. The van der Waals surface area contributed by atoms with Gasteiger partial charge in [0.05, 0.1) is 15.6 Å². The average molecular weight is 396 g/mol. The molecule has 0 aliphatic carbocycles.